The standard InChI is InChI=1S/C19H20ClN3O2/c1-23(2)13-9-7-12(8-10-13)21-18(24)14-11-15(14)19(25)22-17-6-4-3-5-16(17)20/h3-10,14-15H,11H2,1-2H3,(H,21,24)(H,22,25). The third-order valence-corrected chi connectivity index (χ3v) is 4.58. The van der Waals surface area contributed by atoms with E-state index in [0.717, 1.165) is 11.4 Å². The van der Waals surface area contributed by atoms with Gasteiger partial charge in [-0.2, -0.15) is 0 Å². The molecule has 1 saturated carbocycles. The number of nitrogens with zero attached hydrogens (tertiary/aromatic N) is 1. The lowest BCUT2D eigenvalue weighted by atomic mass is 10.2. The first-order valence-corrected chi connectivity index (χ1v) is 8.47. The van der Waals surface area contributed by atoms with Crippen LogP contribution in [0.4, 0.5) is 17.1 Å². The van der Waals surface area contributed by atoms with Crippen molar-refractivity contribution in [2.75, 3.05) is 29.6 Å². The molecule has 0 aromatic heterocycles. The first-order valence-electron chi connectivity index (χ1n) is 8.09. The molecule has 1 aliphatic rings. The van der Waals surface area contributed by atoms with E-state index in [1.807, 2.05) is 43.3 Å². The van der Waals surface area contributed by atoms with Gasteiger partial charge in [-0.1, -0.05) is 23.7 Å². The van der Waals surface area contributed by atoms with E-state index in [9.17, 15) is 9.59 Å². The Morgan fingerprint density at radius 2 is 1.56 bits per heavy atom. The Bertz CT molecular complexity index is 790. The van der Waals surface area contributed by atoms with E-state index in [2.05, 4.69) is 10.6 Å². The molecule has 0 heterocycles. The van der Waals surface area contributed by atoms with Crippen LogP contribution in [0.25, 0.3) is 0 Å². The predicted molar refractivity (Wildman–Crippen MR) is 101 cm³/mol. The molecule has 0 bridgehead atoms. The Hall–Kier alpha value is -2.53. The Kier molecular flexibility index (Phi) is 4.95. The number of carbonyl (C=O) groups excluding carboxylic acids is 2. The zero-order chi connectivity index (χ0) is 18.0. The van der Waals surface area contributed by atoms with Crippen molar-refractivity contribution in [2.45, 2.75) is 6.42 Å². The third-order valence-electron chi connectivity index (χ3n) is 4.25. The monoisotopic (exact) mass is 357 g/mol. The molecule has 130 valence electrons. The second kappa shape index (κ2) is 7.15. The van der Waals surface area contributed by atoms with Gasteiger partial charge in [-0.15, -0.1) is 0 Å². The van der Waals surface area contributed by atoms with Gasteiger partial charge < -0.3 is 15.5 Å². The van der Waals surface area contributed by atoms with Gasteiger partial charge in [-0.25, -0.2) is 0 Å². The van der Waals surface area contributed by atoms with Crippen LogP contribution in [0.3, 0.4) is 0 Å². The molecule has 2 N–H and O–H groups in total. The number of carbonyl (C=O) groups is 2. The lowest BCUT2D eigenvalue weighted by Gasteiger charge is -2.13. The number of benzene rings is 2. The number of rotatable bonds is 5. The number of hydrogen-bond acceptors (Lipinski definition) is 3. The van der Waals surface area contributed by atoms with Crippen molar-refractivity contribution in [1.29, 1.82) is 0 Å². The Balaban J connectivity index is 1.55. The lowest BCUT2D eigenvalue weighted by molar-refractivity contribution is -0.122. The number of anilines is 3. The van der Waals surface area contributed by atoms with Gasteiger partial charge >= 0.3 is 0 Å². The molecule has 25 heavy (non-hydrogen) atoms. The molecule has 0 saturated heterocycles. The molecule has 2 aromatic carbocycles. The average Bonchev–Trinajstić information content (AvgIpc) is 3.38. The van der Waals surface area contributed by atoms with E-state index in [-0.39, 0.29) is 23.7 Å². The number of hydrogen-bond donors (Lipinski definition) is 2. The molecule has 2 unspecified atom stereocenters. The summed E-state index contributed by atoms with van der Waals surface area (Å²) < 4.78 is 0. The van der Waals surface area contributed by atoms with E-state index in [1.54, 1.807) is 24.3 Å². The van der Waals surface area contributed by atoms with Crippen LogP contribution in [0.5, 0.6) is 0 Å². The van der Waals surface area contributed by atoms with Crippen molar-refractivity contribution in [1.82, 2.24) is 0 Å². The summed E-state index contributed by atoms with van der Waals surface area (Å²) in [7, 11) is 3.92. The van der Waals surface area contributed by atoms with Crippen molar-refractivity contribution in [3.63, 3.8) is 0 Å². The van der Waals surface area contributed by atoms with E-state index >= 15 is 0 Å². The first kappa shape index (κ1) is 17.3. The molecule has 0 aliphatic heterocycles. The van der Waals surface area contributed by atoms with Crippen molar-refractivity contribution >= 4 is 40.5 Å². The summed E-state index contributed by atoms with van der Waals surface area (Å²) >= 11 is 6.04. The number of amides is 2. The molecule has 5 nitrogen and oxygen atoms in total. The molecular weight excluding hydrogens is 338 g/mol. The van der Waals surface area contributed by atoms with Crippen LogP contribution < -0.4 is 15.5 Å². The molecule has 6 heteroatoms. The van der Waals surface area contributed by atoms with Gasteiger partial charge in [0.1, 0.15) is 0 Å². The van der Waals surface area contributed by atoms with Gasteiger partial charge in [0.25, 0.3) is 0 Å². The molecule has 2 amide bonds. The summed E-state index contributed by atoms with van der Waals surface area (Å²) in [6.45, 7) is 0. The first-order chi connectivity index (χ1) is 12.0. The van der Waals surface area contributed by atoms with Crippen LogP contribution in [-0.4, -0.2) is 25.9 Å². The van der Waals surface area contributed by atoms with Gasteiger partial charge in [-0.05, 0) is 42.8 Å². The zero-order valence-corrected chi connectivity index (χ0v) is 14.9. The summed E-state index contributed by atoms with van der Waals surface area (Å²) in [5.41, 5.74) is 2.36. The quantitative estimate of drug-likeness (QED) is 0.859. The highest BCUT2D eigenvalue weighted by Gasteiger charge is 2.48. The summed E-state index contributed by atoms with van der Waals surface area (Å²) in [6, 6.07) is 14.6. The fourth-order valence-corrected chi connectivity index (χ4v) is 2.82. The largest absolute Gasteiger partial charge is 0.378 e. The third kappa shape index (κ3) is 4.12. The highest BCUT2D eigenvalue weighted by molar-refractivity contribution is 6.33. The predicted octanol–water partition coefficient (Wildman–Crippen LogP) is 3.62. The summed E-state index contributed by atoms with van der Waals surface area (Å²) in [5.74, 6) is -0.901. The smallest absolute Gasteiger partial charge is 0.228 e. The summed E-state index contributed by atoms with van der Waals surface area (Å²) in [6.07, 6.45) is 0.553. The van der Waals surface area contributed by atoms with Crippen molar-refractivity contribution in [2.24, 2.45) is 11.8 Å². The second-order valence-electron chi connectivity index (χ2n) is 6.35. The zero-order valence-electron chi connectivity index (χ0n) is 14.1. The van der Waals surface area contributed by atoms with Crippen molar-refractivity contribution in [3.8, 4) is 0 Å². The van der Waals surface area contributed by atoms with Gasteiger partial charge in [0.2, 0.25) is 11.8 Å². The molecular formula is C19H20ClN3O2. The maximum atomic E-state index is 12.3. The van der Waals surface area contributed by atoms with Crippen LogP contribution in [0.15, 0.2) is 48.5 Å². The van der Waals surface area contributed by atoms with Gasteiger partial charge in [-0.3, -0.25) is 9.59 Å². The van der Waals surface area contributed by atoms with Gasteiger partial charge in [0.05, 0.1) is 22.5 Å². The maximum Gasteiger partial charge on any atom is 0.228 e. The Labute approximate surface area is 152 Å². The highest BCUT2D eigenvalue weighted by Crippen LogP contribution is 2.40. The second-order valence-corrected chi connectivity index (χ2v) is 6.76. The molecule has 2 aromatic rings. The van der Waals surface area contributed by atoms with Crippen LogP contribution in [-0.2, 0) is 9.59 Å². The normalized spacial score (nSPS) is 18.4. The van der Waals surface area contributed by atoms with Crippen LogP contribution in [0, 0.1) is 11.8 Å². The molecule has 2 atom stereocenters. The minimum Gasteiger partial charge on any atom is -0.378 e. The minimum atomic E-state index is -0.308. The average molecular weight is 358 g/mol. The molecule has 0 spiro atoms. The fourth-order valence-electron chi connectivity index (χ4n) is 2.64. The minimum absolute atomic E-state index is 0.128. The molecule has 3 rings (SSSR count). The topological polar surface area (TPSA) is 61.4 Å². The van der Waals surface area contributed by atoms with Crippen molar-refractivity contribution < 1.29 is 9.59 Å². The van der Waals surface area contributed by atoms with E-state index in [4.69, 9.17) is 11.6 Å². The SMILES string of the molecule is CN(C)c1ccc(NC(=O)C2CC2C(=O)Nc2ccccc2Cl)cc1. The molecule has 1 fully saturated rings. The Morgan fingerprint density at radius 3 is 2.16 bits per heavy atom. The van der Waals surface area contributed by atoms with Crippen LogP contribution >= 0.6 is 11.6 Å². The fraction of sp³-hybridized carbons (Fsp3) is 0.263. The summed E-state index contributed by atoms with van der Waals surface area (Å²) in [4.78, 5) is 26.5. The summed E-state index contributed by atoms with van der Waals surface area (Å²) in [5, 5.41) is 6.14. The Morgan fingerprint density at radius 1 is 0.960 bits per heavy atom. The van der Waals surface area contributed by atoms with Crippen molar-refractivity contribution in [3.05, 3.63) is 53.6 Å². The van der Waals surface area contributed by atoms with E-state index < -0.39 is 0 Å². The van der Waals surface area contributed by atoms with E-state index in [0.29, 0.717) is 17.1 Å². The lowest BCUT2D eigenvalue weighted by Crippen LogP contribution is -2.20. The number of nitrogens with one attached hydrogen (secondary N) is 2. The number of halogens is 1. The maximum absolute atomic E-state index is 12.3. The molecule has 0 radical (unpaired) electrons. The van der Waals surface area contributed by atoms with Gasteiger partial charge in [0, 0.05) is 25.5 Å². The van der Waals surface area contributed by atoms with Gasteiger partial charge in [0.15, 0.2) is 0 Å². The van der Waals surface area contributed by atoms with E-state index in [1.165, 1.54) is 0 Å². The van der Waals surface area contributed by atoms with Crippen LogP contribution in [0.1, 0.15) is 6.42 Å². The number of para-hydroxylation sites is 1. The van der Waals surface area contributed by atoms with Crippen LogP contribution in [0.2, 0.25) is 5.02 Å². The highest BCUT2D eigenvalue weighted by atomic mass is 35.5. The molecule has 1 aliphatic carbocycles.